The normalized spacial score (nSPS) is 8.80. The molecule has 0 heterocycles. The monoisotopic (exact) mass is 460 g/mol. The van der Waals surface area contributed by atoms with Gasteiger partial charge in [0.15, 0.2) is 0 Å². The molecule has 0 radical (unpaired) electrons. The van der Waals surface area contributed by atoms with Crippen molar-refractivity contribution in [2.75, 3.05) is 0 Å². The van der Waals surface area contributed by atoms with Crippen molar-refractivity contribution in [2.45, 2.75) is 53.4 Å². The molecule has 0 spiro atoms. The Morgan fingerprint density at radius 3 is 1.12 bits per heavy atom. The summed E-state index contributed by atoms with van der Waals surface area (Å²) in [7, 11) is 0. The van der Waals surface area contributed by atoms with Crippen LogP contribution < -0.4 is 24.8 Å². The topological polar surface area (TPSA) is 40.5 Å². The first-order valence-corrected chi connectivity index (χ1v) is 8.17. The zero-order valence-electron chi connectivity index (χ0n) is 15.4. The standard InChI is InChI=1S/2C10H14O.2ClH.Zr/c2*1-3-8-5-6-9(4-2)10(11)7-8;;;/h2*5-7,11H,3-4H2,1-2H3;2*1H;/q;;;;+2/p-2. The second kappa shape index (κ2) is 15.7. The van der Waals surface area contributed by atoms with Crippen LogP contribution in [0.1, 0.15) is 49.9 Å². The predicted molar refractivity (Wildman–Crippen MR) is 93.7 cm³/mol. The van der Waals surface area contributed by atoms with Gasteiger partial charge in [0.25, 0.3) is 0 Å². The van der Waals surface area contributed by atoms with Gasteiger partial charge < -0.3 is 35.0 Å². The van der Waals surface area contributed by atoms with E-state index in [-0.39, 0.29) is 51.0 Å². The summed E-state index contributed by atoms with van der Waals surface area (Å²) in [5, 5.41) is 18.8. The number of hydrogen-bond donors (Lipinski definition) is 2. The van der Waals surface area contributed by atoms with Crippen LogP contribution in [-0.4, -0.2) is 10.2 Å². The van der Waals surface area contributed by atoms with Crippen LogP contribution in [0.4, 0.5) is 0 Å². The molecule has 0 aliphatic carbocycles. The number of aromatic hydroxyl groups is 2. The maximum absolute atomic E-state index is 9.42. The SMILES string of the molecule is CCc1ccc(CC)c(O)c1.CCc1ccc(CC)c(O)c1.[Cl-].[Cl-].[Zr+2]. The van der Waals surface area contributed by atoms with Gasteiger partial charge in [0, 0.05) is 0 Å². The van der Waals surface area contributed by atoms with Crippen LogP contribution in [0.2, 0.25) is 0 Å². The maximum Gasteiger partial charge on any atom is 2.00 e. The fraction of sp³-hybridized carbons (Fsp3) is 0.400. The Bertz CT molecular complexity index is 551. The Morgan fingerprint density at radius 1 is 0.600 bits per heavy atom. The van der Waals surface area contributed by atoms with Crippen molar-refractivity contribution in [1.82, 2.24) is 0 Å². The molecule has 0 aliphatic rings. The molecule has 0 atom stereocenters. The second-order valence-corrected chi connectivity index (χ2v) is 5.34. The van der Waals surface area contributed by atoms with E-state index in [1.54, 1.807) is 0 Å². The van der Waals surface area contributed by atoms with E-state index in [1.165, 1.54) is 11.1 Å². The Kier molecular flexibility index (Phi) is 18.4. The second-order valence-electron chi connectivity index (χ2n) is 5.34. The van der Waals surface area contributed by atoms with E-state index < -0.39 is 0 Å². The molecule has 0 unspecified atom stereocenters. The summed E-state index contributed by atoms with van der Waals surface area (Å²) in [6.07, 6.45) is 3.76. The largest absolute Gasteiger partial charge is 2.00 e. The van der Waals surface area contributed by atoms with Gasteiger partial charge in [-0.1, -0.05) is 52.0 Å². The zero-order chi connectivity index (χ0) is 16.5. The van der Waals surface area contributed by atoms with Gasteiger partial charge in [0.05, 0.1) is 0 Å². The fourth-order valence-corrected chi connectivity index (χ4v) is 2.26. The van der Waals surface area contributed by atoms with Crippen molar-refractivity contribution in [2.24, 2.45) is 0 Å². The molecule has 2 rings (SSSR count). The Morgan fingerprint density at radius 2 is 0.920 bits per heavy atom. The van der Waals surface area contributed by atoms with Crippen LogP contribution in [0.25, 0.3) is 0 Å². The first-order chi connectivity index (χ1) is 10.5. The summed E-state index contributed by atoms with van der Waals surface area (Å²) < 4.78 is 0. The number of hydrogen-bond acceptors (Lipinski definition) is 2. The molecule has 2 nitrogen and oxygen atoms in total. The van der Waals surface area contributed by atoms with Crippen LogP contribution in [0.15, 0.2) is 36.4 Å². The van der Waals surface area contributed by atoms with Crippen molar-refractivity contribution < 1.29 is 61.2 Å². The summed E-state index contributed by atoms with van der Waals surface area (Å²) in [5.41, 5.74) is 4.45. The molecule has 0 aromatic heterocycles. The van der Waals surface area contributed by atoms with Crippen LogP contribution in [0.5, 0.6) is 11.5 Å². The van der Waals surface area contributed by atoms with Crippen molar-refractivity contribution in [3.05, 3.63) is 58.7 Å². The molecular weight excluding hydrogens is 434 g/mol. The summed E-state index contributed by atoms with van der Waals surface area (Å²) in [6.45, 7) is 8.25. The first-order valence-electron chi connectivity index (χ1n) is 8.17. The predicted octanol–water partition coefficient (Wildman–Crippen LogP) is -0.960. The molecular formula is C20H28Cl2O2Zr. The van der Waals surface area contributed by atoms with E-state index in [0.717, 1.165) is 36.8 Å². The minimum absolute atomic E-state index is 0. The number of benzene rings is 2. The molecule has 2 aromatic rings. The van der Waals surface area contributed by atoms with Crippen molar-refractivity contribution in [3.63, 3.8) is 0 Å². The average molecular weight is 463 g/mol. The van der Waals surface area contributed by atoms with Crippen LogP contribution in [0.3, 0.4) is 0 Å². The Hall–Kier alpha value is -0.497. The summed E-state index contributed by atoms with van der Waals surface area (Å²) in [6, 6.07) is 11.8. The van der Waals surface area contributed by atoms with E-state index in [1.807, 2.05) is 38.1 Å². The van der Waals surface area contributed by atoms with Gasteiger partial charge in [0.2, 0.25) is 0 Å². The molecule has 25 heavy (non-hydrogen) atoms. The Balaban J connectivity index is -0.000000346. The van der Waals surface area contributed by atoms with Crippen LogP contribution in [-0.2, 0) is 51.9 Å². The number of halogens is 2. The summed E-state index contributed by atoms with van der Waals surface area (Å²) >= 11 is 0. The maximum atomic E-state index is 9.42. The van der Waals surface area contributed by atoms with Gasteiger partial charge in [0.1, 0.15) is 11.5 Å². The number of phenolic OH excluding ortho intramolecular Hbond substituents is 2. The molecule has 0 fully saturated rings. The number of aryl methyl sites for hydroxylation is 4. The van der Waals surface area contributed by atoms with Crippen LogP contribution in [0, 0.1) is 0 Å². The van der Waals surface area contributed by atoms with Gasteiger partial charge in [-0.05, 0) is 60.1 Å². The molecule has 138 valence electrons. The van der Waals surface area contributed by atoms with Crippen molar-refractivity contribution in [1.29, 1.82) is 0 Å². The Labute approximate surface area is 184 Å². The van der Waals surface area contributed by atoms with Crippen molar-refractivity contribution in [3.8, 4) is 11.5 Å². The van der Waals surface area contributed by atoms with Crippen LogP contribution >= 0.6 is 0 Å². The van der Waals surface area contributed by atoms with E-state index in [0.29, 0.717) is 11.5 Å². The van der Waals surface area contributed by atoms with E-state index >= 15 is 0 Å². The van der Waals surface area contributed by atoms with Gasteiger partial charge in [-0.3, -0.25) is 0 Å². The molecule has 0 saturated heterocycles. The molecule has 0 amide bonds. The zero-order valence-corrected chi connectivity index (χ0v) is 19.4. The molecule has 2 N–H and O–H groups in total. The third-order valence-corrected chi connectivity index (χ3v) is 3.88. The van der Waals surface area contributed by atoms with E-state index in [9.17, 15) is 10.2 Å². The number of phenols is 2. The third kappa shape index (κ3) is 9.68. The van der Waals surface area contributed by atoms with Crippen molar-refractivity contribution >= 4 is 0 Å². The smallest absolute Gasteiger partial charge is 1.00 e. The van der Waals surface area contributed by atoms with E-state index in [2.05, 4.69) is 26.0 Å². The third-order valence-electron chi connectivity index (χ3n) is 3.88. The minimum atomic E-state index is 0. The summed E-state index contributed by atoms with van der Waals surface area (Å²) in [4.78, 5) is 0. The molecule has 0 bridgehead atoms. The van der Waals surface area contributed by atoms with Gasteiger partial charge in [-0.25, -0.2) is 0 Å². The fourth-order valence-electron chi connectivity index (χ4n) is 2.26. The molecule has 5 heteroatoms. The van der Waals surface area contributed by atoms with E-state index in [4.69, 9.17) is 0 Å². The average Bonchev–Trinajstić information content (AvgIpc) is 2.55. The quantitative estimate of drug-likeness (QED) is 0.615. The number of rotatable bonds is 4. The first kappa shape index (κ1) is 29.3. The molecule has 0 aliphatic heterocycles. The van der Waals surface area contributed by atoms with Gasteiger partial charge >= 0.3 is 26.2 Å². The van der Waals surface area contributed by atoms with Gasteiger partial charge in [-0.15, -0.1) is 0 Å². The molecule has 0 saturated carbocycles. The van der Waals surface area contributed by atoms with Gasteiger partial charge in [-0.2, -0.15) is 0 Å². The summed E-state index contributed by atoms with van der Waals surface area (Å²) in [5.74, 6) is 0.874. The molecule has 2 aromatic carbocycles. The minimum Gasteiger partial charge on any atom is -1.00 e.